The van der Waals surface area contributed by atoms with Gasteiger partial charge in [0.15, 0.2) is 5.78 Å². The molecule has 3 unspecified atom stereocenters. The number of hydrogen-bond acceptors (Lipinski definition) is 6. The van der Waals surface area contributed by atoms with Gasteiger partial charge in [-0.05, 0) is 36.8 Å². The third kappa shape index (κ3) is 3.50. The largest absolute Gasteiger partial charge is 0.350 e. The first kappa shape index (κ1) is 23.2. The minimum atomic E-state index is -1.96. The maximum absolute atomic E-state index is 14.0. The molecular weight excluding hydrogens is 470 g/mol. The molecule has 0 saturated carbocycles. The molecule has 0 aromatic heterocycles. The van der Waals surface area contributed by atoms with E-state index >= 15 is 0 Å². The van der Waals surface area contributed by atoms with Crippen LogP contribution in [0, 0.1) is 11.8 Å². The Labute approximate surface area is 213 Å². The molecule has 2 fully saturated rings. The molecule has 2 aliphatic heterocycles. The van der Waals surface area contributed by atoms with E-state index in [2.05, 4.69) is 0 Å². The molecular formula is C30H23NO6. The van der Waals surface area contributed by atoms with Gasteiger partial charge >= 0.3 is 0 Å². The van der Waals surface area contributed by atoms with Gasteiger partial charge in [-0.25, -0.2) is 0 Å². The highest BCUT2D eigenvalue weighted by molar-refractivity contribution is 6.34. The van der Waals surface area contributed by atoms with Crippen LogP contribution in [-0.4, -0.2) is 41.6 Å². The minimum absolute atomic E-state index is 0.0628. The Balaban J connectivity index is 1.41. The van der Waals surface area contributed by atoms with Crippen LogP contribution in [0.25, 0.3) is 6.08 Å². The lowest BCUT2D eigenvalue weighted by molar-refractivity contribution is -0.140. The van der Waals surface area contributed by atoms with Gasteiger partial charge in [-0.15, -0.1) is 0 Å². The van der Waals surface area contributed by atoms with Crippen LogP contribution in [-0.2, 0) is 14.4 Å². The van der Waals surface area contributed by atoms with Gasteiger partial charge in [0, 0.05) is 22.6 Å². The van der Waals surface area contributed by atoms with Gasteiger partial charge in [-0.2, -0.15) is 5.06 Å². The summed E-state index contributed by atoms with van der Waals surface area (Å²) in [4.78, 5) is 59.1. The van der Waals surface area contributed by atoms with Crippen molar-refractivity contribution >= 4 is 35.0 Å². The Morgan fingerprint density at radius 2 is 1.51 bits per heavy atom. The number of anilines is 1. The molecule has 3 atom stereocenters. The minimum Gasteiger partial charge on any atom is -0.350 e. The third-order valence-corrected chi connectivity index (χ3v) is 7.35. The second-order valence-electron chi connectivity index (χ2n) is 9.46. The molecule has 7 nitrogen and oxygen atoms in total. The van der Waals surface area contributed by atoms with Crippen LogP contribution in [0.5, 0.6) is 0 Å². The number of carbonyl (C=O) groups is 4. The molecule has 2 heterocycles. The maximum atomic E-state index is 14.0. The number of ketones is 3. The van der Waals surface area contributed by atoms with E-state index in [1.54, 1.807) is 54.6 Å². The van der Waals surface area contributed by atoms with Crippen LogP contribution >= 0.6 is 0 Å². The molecule has 2 saturated heterocycles. The molecule has 6 rings (SSSR count). The van der Waals surface area contributed by atoms with Crippen molar-refractivity contribution < 1.29 is 28.8 Å². The number of ether oxygens (including phenoxy) is 1. The monoisotopic (exact) mass is 493 g/mol. The summed E-state index contributed by atoms with van der Waals surface area (Å²) >= 11 is 0. The molecule has 37 heavy (non-hydrogen) atoms. The summed E-state index contributed by atoms with van der Waals surface area (Å²) in [5, 5.41) is 1.11. The quantitative estimate of drug-likeness (QED) is 0.397. The number of fused-ring (bicyclic) bond motifs is 3. The number of hydroxylamine groups is 1. The molecule has 7 heteroatoms. The van der Waals surface area contributed by atoms with Crippen molar-refractivity contribution in [3.63, 3.8) is 0 Å². The Kier molecular flexibility index (Phi) is 5.47. The first-order chi connectivity index (χ1) is 17.9. The number of rotatable bonds is 4. The lowest BCUT2D eigenvalue weighted by Gasteiger charge is -2.37. The van der Waals surface area contributed by atoms with E-state index in [-0.39, 0.29) is 23.5 Å². The predicted octanol–water partition coefficient (Wildman–Crippen LogP) is 4.33. The van der Waals surface area contributed by atoms with E-state index in [9.17, 15) is 19.2 Å². The van der Waals surface area contributed by atoms with Crippen LogP contribution < -0.4 is 5.06 Å². The topological polar surface area (TPSA) is 90.0 Å². The number of hydrogen-bond donors (Lipinski definition) is 0. The average molecular weight is 494 g/mol. The summed E-state index contributed by atoms with van der Waals surface area (Å²) in [5.41, 5.74) is 0.382. The maximum Gasteiger partial charge on any atom is 0.258 e. The molecule has 0 radical (unpaired) electrons. The van der Waals surface area contributed by atoms with Crippen LogP contribution in [0.3, 0.4) is 0 Å². The second kappa shape index (κ2) is 8.73. The zero-order valence-electron chi connectivity index (χ0n) is 20.0. The SMILES string of the molecule is CC(=O)c1ccc(N2OCC3C(/C=C/c4ccccc4)OC4(C(=O)c5ccccc5C4=O)C3C2=O)cc1. The fraction of sp³-hybridized carbons (Fsp3) is 0.200. The van der Waals surface area contributed by atoms with E-state index in [1.165, 1.54) is 6.92 Å². The van der Waals surface area contributed by atoms with Crippen LogP contribution in [0.4, 0.5) is 5.69 Å². The van der Waals surface area contributed by atoms with Crippen LogP contribution in [0.15, 0.2) is 84.9 Å². The van der Waals surface area contributed by atoms with Crippen molar-refractivity contribution in [3.05, 3.63) is 107 Å². The van der Waals surface area contributed by atoms with E-state index in [0.717, 1.165) is 10.6 Å². The molecule has 3 aromatic carbocycles. The van der Waals surface area contributed by atoms with Gasteiger partial charge in [0.2, 0.25) is 17.2 Å². The molecule has 1 amide bonds. The van der Waals surface area contributed by atoms with Crippen molar-refractivity contribution in [2.75, 3.05) is 11.7 Å². The van der Waals surface area contributed by atoms with Crippen LogP contribution in [0.1, 0.15) is 43.6 Å². The molecule has 184 valence electrons. The van der Waals surface area contributed by atoms with Gasteiger partial charge in [0.05, 0.1) is 24.3 Å². The Bertz CT molecular complexity index is 1420. The highest BCUT2D eigenvalue weighted by Crippen LogP contribution is 2.51. The third-order valence-electron chi connectivity index (χ3n) is 7.35. The van der Waals surface area contributed by atoms with E-state index in [0.29, 0.717) is 11.3 Å². The number of Topliss-reactive ketones (excluding diaryl/α,β-unsaturated/α-hetero) is 3. The van der Waals surface area contributed by atoms with Crippen molar-refractivity contribution in [1.82, 2.24) is 0 Å². The van der Waals surface area contributed by atoms with Gasteiger partial charge in [-0.3, -0.25) is 24.0 Å². The van der Waals surface area contributed by atoms with Gasteiger partial charge < -0.3 is 4.74 Å². The second-order valence-corrected chi connectivity index (χ2v) is 9.46. The standard InChI is InChI=1S/C30H23NO6/c1-18(32)20-12-14-21(15-13-20)31-29(35)26-24(17-36-31)25(16-11-19-7-3-2-4-8-19)37-30(26)27(33)22-9-5-6-10-23(22)28(30)34/h2-16,24-26H,17H2,1H3/b16-11+. The number of carbonyl (C=O) groups excluding carboxylic acids is 4. The summed E-state index contributed by atoms with van der Waals surface area (Å²) in [5.74, 6) is -3.26. The summed E-state index contributed by atoms with van der Waals surface area (Å²) in [6.45, 7) is 1.52. The lowest BCUT2D eigenvalue weighted by Crippen LogP contribution is -2.57. The van der Waals surface area contributed by atoms with E-state index in [4.69, 9.17) is 9.57 Å². The van der Waals surface area contributed by atoms with Crippen molar-refractivity contribution in [3.8, 4) is 0 Å². The zero-order valence-corrected chi connectivity index (χ0v) is 20.0. The number of nitrogens with zero attached hydrogens (tertiary/aromatic N) is 1. The number of benzene rings is 3. The highest BCUT2D eigenvalue weighted by atomic mass is 16.7. The van der Waals surface area contributed by atoms with E-state index in [1.807, 2.05) is 36.4 Å². The molecule has 3 aliphatic rings. The highest BCUT2D eigenvalue weighted by Gasteiger charge is 2.70. The summed E-state index contributed by atoms with van der Waals surface area (Å²) in [6, 6.07) is 22.6. The summed E-state index contributed by atoms with van der Waals surface area (Å²) in [6.07, 6.45) is 2.95. The predicted molar refractivity (Wildman–Crippen MR) is 135 cm³/mol. The Morgan fingerprint density at radius 3 is 2.14 bits per heavy atom. The Hall–Kier alpha value is -4.20. The van der Waals surface area contributed by atoms with Gasteiger partial charge in [-0.1, -0.05) is 66.7 Å². The molecule has 3 aromatic rings. The average Bonchev–Trinajstić information content (AvgIpc) is 3.37. The van der Waals surface area contributed by atoms with Crippen molar-refractivity contribution in [1.29, 1.82) is 0 Å². The van der Waals surface area contributed by atoms with Gasteiger partial charge in [0.1, 0.15) is 0 Å². The van der Waals surface area contributed by atoms with E-state index < -0.39 is 41.0 Å². The van der Waals surface area contributed by atoms with Crippen molar-refractivity contribution in [2.24, 2.45) is 11.8 Å². The summed E-state index contributed by atoms with van der Waals surface area (Å²) in [7, 11) is 0. The first-order valence-electron chi connectivity index (χ1n) is 12.1. The Morgan fingerprint density at radius 1 is 0.892 bits per heavy atom. The molecule has 1 spiro atoms. The number of amides is 1. The normalized spacial score (nSPS) is 24.1. The van der Waals surface area contributed by atoms with Crippen molar-refractivity contribution in [2.45, 2.75) is 18.6 Å². The summed E-state index contributed by atoms with van der Waals surface area (Å²) < 4.78 is 6.33. The molecule has 1 aliphatic carbocycles. The molecule has 0 N–H and O–H groups in total. The molecule has 0 bridgehead atoms. The van der Waals surface area contributed by atoms with Gasteiger partial charge in [0.25, 0.3) is 5.91 Å². The zero-order chi connectivity index (χ0) is 25.7. The smallest absolute Gasteiger partial charge is 0.258 e. The first-order valence-corrected chi connectivity index (χ1v) is 12.1. The van der Waals surface area contributed by atoms with Crippen LogP contribution in [0.2, 0.25) is 0 Å². The fourth-order valence-corrected chi connectivity index (χ4v) is 5.52. The fourth-order valence-electron chi connectivity index (χ4n) is 5.52. The lowest BCUT2D eigenvalue weighted by atomic mass is 9.75.